The Bertz CT molecular complexity index is 135. The van der Waals surface area contributed by atoms with Crippen LogP contribution in [0.1, 0.15) is 13.3 Å². The van der Waals surface area contributed by atoms with Crippen molar-refractivity contribution in [2.45, 2.75) is 22.7 Å². The minimum absolute atomic E-state index is 0.336. The lowest BCUT2D eigenvalue weighted by molar-refractivity contribution is -0.137. The molecule has 2 nitrogen and oxygen atoms in total. The lowest BCUT2D eigenvalue weighted by Gasteiger charge is -2.22. The molecule has 1 unspecified atom stereocenters. The van der Waals surface area contributed by atoms with Crippen LogP contribution in [0, 0.1) is 0 Å². The maximum absolute atomic E-state index is 10.4. The summed E-state index contributed by atoms with van der Waals surface area (Å²) in [6.45, 7) is 1.84. The molecule has 10 heavy (non-hydrogen) atoms. The SMILES string of the molecule is CCC(S)C(S)(S)C(=O)O. The molecule has 0 aliphatic heterocycles. The zero-order valence-electron chi connectivity index (χ0n) is 5.48. The number of rotatable bonds is 3. The number of carboxylic acids is 1. The summed E-state index contributed by atoms with van der Waals surface area (Å²) in [4.78, 5) is 10.4. The van der Waals surface area contributed by atoms with Crippen LogP contribution < -0.4 is 0 Å². The highest BCUT2D eigenvalue weighted by Crippen LogP contribution is 2.30. The van der Waals surface area contributed by atoms with Gasteiger partial charge in [0.1, 0.15) is 0 Å². The Morgan fingerprint density at radius 1 is 1.70 bits per heavy atom. The summed E-state index contributed by atoms with van der Waals surface area (Å²) in [6.07, 6.45) is 0.627. The molecule has 60 valence electrons. The fourth-order valence-corrected chi connectivity index (χ4v) is 0.903. The Hall–Kier alpha value is 0.520. The van der Waals surface area contributed by atoms with E-state index < -0.39 is 10.0 Å². The highest BCUT2D eigenvalue weighted by Gasteiger charge is 2.35. The van der Waals surface area contributed by atoms with Crippen molar-refractivity contribution in [1.82, 2.24) is 0 Å². The summed E-state index contributed by atoms with van der Waals surface area (Å²) in [5, 5.41) is 8.20. The van der Waals surface area contributed by atoms with Crippen LogP contribution in [0.5, 0.6) is 0 Å². The molecule has 0 aliphatic rings. The number of carbonyl (C=O) groups is 1. The second-order valence-corrected chi connectivity index (χ2v) is 4.34. The van der Waals surface area contributed by atoms with Crippen LogP contribution in [0.2, 0.25) is 0 Å². The maximum atomic E-state index is 10.4. The van der Waals surface area contributed by atoms with Crippen LogP contribution >= 0.6 is 37.9 Å². The smallest absolute Gasteiger partial charge is 0.330 e. The number of thiol groups is 3. The first kappa shape index (κ1) is 10.5. The highest BCUT2D eigenvalue weighted by molar-refractivity contribution is 8.03. The standard InChI is InChI=1S/C5H10O2S3/c1-2-3(8)5(9,10)4(6)7/h3,8-10H,2H2,1H3,(H,6,7). The van der Waals surface area contributed by atoms with Crippen molar-refractivity contribution in [2.24, 2.45) is 0 Å². The molecule has 0 amide bonds. The van der Waals surface area contributed by atoms with Crippen molar-refractivity contribution >= 4 is 43.9 Å². The molecule has 0 rings (SSSR count). The summed E-state index contributed by atoms with van der Waals surface area (Å²) in [5.41, 5.74) is 0. The van der Waals surface area contributed by atoms with Crippen molar-refractivity contribution in [3.8, 4) is 0 Å². The predicted octanol–water partition coefficient (Wildman–Crippen LogP) is 1.34. The second kappa shape index (κ2) is 3.78. The van der Waals surface area contributed by atoms with E-state index in [1.807, 2.05) is 6.92 Å². The Morgan fingerprint density at radius 3 is 2.20 bits per heavy atom. The average Bonchev–Trinajstić information content (AvgIpc) is 1.86. The molecule has 0 aromatic heterocycles. The van der Waals surface area contributed by atoms with E-state index in [1.165, 1.54) is 0 Å². The third-order valence-electron chi connectivity index (χ3n) is 1.17. The Balaban J connectivity index is 4.23. The minimum atomic E-state index is -1.32. The zero-order valence-corrected chi connectivity index (χ0v) is 8.16. The van der Waals surface area contributed by atoms with Crippen LogP contribution in [0.4, 0.5) is 0 Å². The van der Waals surface area contributed by atoms with Crippen molar-refractivity contribution in [3.63, 3.8) is 0 Å². The van der Waals surface area contributed by atoms with Gasteiger partial charge in [0.25, 0.3) is 0 Å². The van der Waals surface area contributed by atoms with Crippen LogP contribution in [0.25, 0.3) is 0 Å². The van der Waals surface area contributed by atoms with Gasteiger partial charge >= 0.3 is 5.97 Å². The Labute approximate surface area is 76.6 Å². The molecular formula is C5H10O2S3. The van der Waals surface area contributed by atoms with E-state index in [1.54, 1.807) is 0 Å². The van der Waals surface area contributed by atoms with Crippen molar-refractivity contribution in [2.75, 3.05) is 0 Å². The number of hydrogen-bond donors (Lipinski definition) is 4. The van der Waals surface area contributed by atoms with E-state index in [2.05, 4.69) is 37.9 Å². The molecule has 0 heterocycles. The normalized spacial score (nSPS) is 14.8. The van der Waals surface area contributed by atoms with Gasteiger partial charge in [0.05, 0.1) is 0 Å². The predicted molar refractivity (Wildman–Crippen MR) is 51.4 cm³/mol. The molecule has 5 heteroatoms. The molecule has 0 aliphatic carbocycles. The summed E-state index contributed by atoms with van der Waals surface area (Å²) in [5.74, 6) is -1.05. The van der Waals surface area contributed by atoms with Crippen molar-refractivity contribution < 1.29 is 9.90 Å². The molecule has 1 N–H and O–H groups in total. The Kier molecular flexibility index (Phi) is 3.98. The quantitative estimate of drug-likeness (QED) is 0.408. The van der Waals surface area contributed by atoms with E-state index in [9.17, 15) is 4.79 Å². The van der Waals surface area contributed by atoms with Gasteiger partial charge in [-0.3, -0.25) is 0 Å². The van der Waals surface area contributed by atoms with Crippen LogP contribution in [0.3, 0.4) is 0 Å². The zero-order chi connectivity index (χ0) is 8.36. The number of carboxylic acid groups (broad SMARTS) is 1. The van der Waals surface area contributed by atoms with Gasteiger partial charge in [0.15, 0.2) is 4.08 Å². The first-order valence-electron chi connectivity index (χ1n) is 2.79. The monoisotopic (exact) mass is 198 g/mol. The first-order valence-corrected chi connectivity index (χ1v) is 4.20. The summed E-state index contributed by atoms with van der Waals surface area (Å²) < 4.78 is -1.32. The fourth-order valence-electron chi connectivity index (χ4n) is 0.427. The van der Waals surface area contributed by atoms with Gasteiger partial charge in [-0.05, 0) is 6.42 Å². The molecule has 1 atom stereocenters. The Morgan fingerprint density at radius 2 is 2.10 bits per heavy atom. The van der Waals surface area contributed by atoms with E-state index in [4.69, 9.17) is 5.11 Å². The molecule has 0 saturated heterocycles. The third kappa shape index (κ3) is 2.29. The molecule has 0 spiro atoms. The number of hydrogen-bond acceptors (Lipinski definition) is 4. The van der Waals surface area contributed by atoms with Crippen LogP contribution in [-0.2, 0) is 4.79 Å². The summed E-state index contributed by atoms with van der Waals surface area (Å²) in [7, 11) is 0. The lowest BCUT2D eigenvalue weighted by atomic mass is 10.2. The van der Waals surface area contributed by atoms with Gasteiger partial charge in [-0.2, -0.15) is 12.6 Å². The van der Waals surface area contributed by atoms with E-state index in [0.29, 0.717) is 6.42 Å². The topological polar surface area (TPSA) is 37.3 Å². The maximum Gasteiger partial charge on any atom is 0.330 e. The fraction of sp³-hybridized carbons (Fsp3) is 0.800. The molecule has 0 saturated carbocycles. The van der Waals surface area contributed by atoms with Gasteiger partial charge in [0.2, 0.25) is 0 Å². The van der Waals surface area contributed by atoms with Crippen LogP contribution in [-0.4, -0.2) is 20.4 Å². The van der Waals surface area contributed by atoms with Gasteiger partial charge in [0, 0.05) is 5.25 Å². The minimum Gasteiger partial charge on any atom is -0.480 e. The van der Waals surface area contributed by atoms with E-state index in [-0.39, 0.29) is 5.25 Å². The lowest BCUT2D eigenvalue weighted by Crippen LogP contribution is -2.35. The average molecular weight is 198 g/mol. The number of aliphatic carboxylic acids is 1. The summed E-state index contributed by atoms with van der Waals surface area (Å²) in [6, 6.07) is 0. The molecular weight excluding hydrogens is 188 g/mol. The molecule has 0 bridgehead atoms. The van der Waals surface area contributed by atoms with Gasteiger partial charge in [-0.1, -0.05) is 6.92 Å². The highest BCUT2D eigenvalue weighted by atomic mass is 32.2. The second-order valence-electron chi connectivity index (χ2n) is 1.96. The van der Waals surface area contributed by atoms with E-state index >= 15 is 0 Å². The molecule has 0 aromatic rings. The third-order valence-corrected chi connectivity index (χ3v) is 3.33. The van der Waals surface area contributed by atoms with Gasteiger partial charge in [-0.15, -0.1) is 25.3 Å². The largest absolute Gasteiger partial charge is 0.480 e. The van der Waals surface area contributed by atoms with Gasteiger partial charge in [-0.25, -0.2) is 4.79 Å². The van der Waals surface area contributed by atoms with E-state index in [0.717, 1.165) is 0 Å². The van der Waals surface area contributed by atoms with Gasteiger partial charge < -0.3 is 5.11 Å². The van der Waals surface area contributed by atoms with Crippen molar-refractivity contribution in [1.29, 1.82) is 0 Å². The van der Waals surface area contributed by atoms with Crippen LogP contribution in [0.15, 0.2) is 0 Å². The van der Waals surface area contributed by atoms with Crippen molar-refractivity contribution in [3.05, 3.63) is 0 Å². The summed E-state index contributed by atoms with van der Waals surface area (Å²) >= 11 is 11.7. The molecule has 0 fully saturated rings. The first-order chi connectivity index (χ1) is 4.42. The molecule has 0 aromatic carbocycles. The molecule has 0 radical (unpaired) electrons.